The van der Waals surface area contributed by atoms with Gasteiger partial charge in [-0.2, -0.15) is 0 Å². The van der Waals surface area contributed by atoms with Crippen LogP contribution < -0.4 is 0 Å². The number of hydrogen-bond donors (Lipinski definition) is 10. The van der Waals surface area contributed by atoms with Crippen molar-refractivity contribution >= 4 is 0 Å². The summed E-state index contributed by atoms with van der Waals surface area (Å²) in [4.78, 5) is 0. The molecule has 10 nitrogen and oxygen atoms in total. The smallest absolute Gasteiger partial charge is 0.111 e. The van der Waals surface area contributed by atoms with E-state index in [0.717, 1.165) is 0 Å². The molecular formula is C12H24O10. The van der Waals surface area contributed by atoms with Crippen LogP contribution in [0.3, 0.4) is 0 Å². The van der Waals surface area contributed by atoms with Gasteiger partial charge in [-0.05, 0) is 0 Å². The van der Waals surface area contributed by atoms with Crippen LogP contribution in [-0.2, 0) is 0 Å². The van der Waals surface area contributed by atoms with Crippen molar-refractivity contribution in [1.82, 2.24) is 0 Å². The van der Waals surface area contributed by atoms with E-state index in [9.17, 15) is 0 Å². The Morgan fingerprint density at radius 3 is 0.682 bits per heavy atom. The van der Waals surface area contributed by atoms with Crippen molar-refractivity contribution < 1.29 is 51.1 Å². The minimum Gasteiger partial charge on any atom is -0.390 e. The van der Waals surface area contributed by atoms with E-state index < -0.39 is 61.0 Å². The zero-order valence-corrected chi connectivity index (χ0v) is 11.7. The average molecular weight is 328 g/mol. The van der Waals surface area contributed by atoms with Crippen LogP contribution >= 0.6 is 0 Å². The van der Waals surface area contributed by atoms with Crippen LogP contribution in [0.1, 0.15) is 12.8 Å². The molecule has 2 fully saturated rings. The molecule has 2 unspecified atom stereocenters. The molecule has 0 amide bonds. The monoisotopic (exact) mass is 328 g/mol. The lowest BCUT2D eigenvalue weighted by molar-refractivity contribution is -0.176. The van der Waals surface area contributed by atoms with E-state index in [1.54, 1.807) is 0 Å². The number of aliphatic hydroxyl groups excluding tert-OH is 10. The second-order valence-corrected chi connectivity index (χ2v) is 5.68. The topological polar surface area (TPSA) is 202 Å². The van der Waals surface area contributed by atoms with Gasteiger partial charge < -0.3 is 51.1 Å². The maximum absolute atomic E-state index is 8.97. The van der Waals surface area contributed by atoms with Crippen LogP contribution in [-0.4, -0.2) is 112 Å². The van der Waals surface area contributed by atoms with Gasteiger partial charge in [-0.15, -0.1) is 0 Å². The standard InChI is InChI=1S/2C6H12O5/c2*7-2-1-3(8)5(10)6(11)4(2)9/h2*2-11H,1H2/t2*2-,3+,4-,5-,6?/m10/s1. The fraction of sp³-hybridized carbons (Fsp3) is 1.00. The molecule has 2 aliphatic rings. The van der Waals surface area contributed by atoms with Crippen LogP contribution in [0.25, 0.3) is 0 Å². The molecular weight excluding hydrogens is 304 g/mol. The first kappa shape index (κ1) is 19.6. The second kappa shape index (κ2) is 7.93. The van der Waals surface area contributed by atoms with Crippen molar-refractivity contribution in [2.45, 2.75) is 73.9 Å². The summed E-state index contributed by atoms with van der Waals surface area (Å²) in [6.45, 7) is 0. The Morgan fingerprint density at radius 2 is 0.500 bits per heavy atom. The predicted molar refractivity (Wildman–Crippen MR) is 69.3 cm³/mol. The molecule has 0 bridgehead atoms. The lowest BCUT2D eigenvalue weighted by Gasteiger charge is -2.35. The van der Waals surface area contributed by atoms with Gasteiger partial charge in [0.15, 0.2) is 0 Å². The Bertz CT molecular complexity index is 282. The van der Waals surface area contributed by atoms with Crippen molar-refractivity contribution in [1.29, 1.82) is 0 Å². The summed E-state index contributed by atoms with van der Waals surface area (Å²) in [6.07, 6.45) is -13.3. The third kappa shape index (κ3) is 4.32. The molecule has 2 saturated carbocycles. The summed E-state index contributed by atoms with van der Waals surface area (Å²) in [5, 5.41) is 89.6. The number of hydrogen-bond acceptors (Lipinski definition) is 10. The minimum atomic E-state index is -1.46. The fourth-order valence-corrected chi connectivity index (χ4v) is 2.37. The van der Waals surface area contributed by atoms with Crippen molar-refractivity contribution in [3.8, 4) is 0 Å². The molecule has 22 heavy (non-hydrogen) atoms. The molecule has 0 saturated heterocycles. The Labute approximate surface area is 126 Å². The average Bonchev–Trinajstić information content (AvgIpc) is 2.47. The summed E-state index contributed by atoms with van der Waals surface area (Å²) in [7, 11) is 0. The summed E-state index contributed by atoms with van der Waals surface area (Å²) < 4.78 is 0. The molecule has 0 heterocycles. The van der Waals surface area contributed by atoms with E-state index >= 15 is 0 Å². The third-order valence-electron chi connectivity index (χ3n) is 3.94. The van der Waals surface area contributed by atoms with Crippen LogP contribution in [0.4, 0.5) is 0 Å². The van der Waals surface area contributed by atoms with Gasteiger partial charge >= 0.3 is 0 Å². The van der Waals surface area contributed by atoms with E-state index in [0.29, 0.717) is 0 Å². The van der Waals surface area contributed by atoms with E-state index in [4.69, 9.17) is 51.1 Å². The molecule has 10 atom stereocenters. The molecule has 2 rings (SSSR count). The minimum absolute atomic E-state index is 0.112. The first-order valence-electron chi connectivity index (χ1n) is 6.88. The van der Waals surface area contributed by atoms with Crippen molar-refractivity contribution in [3.63, 3.8) is 0 Å². The van der Waals surface area contributed by atoms with E-state index in [1.165, 1.54) is 0 Å². The lowest BCUT2D eigenvalue weighted by Crippen LogP contribution is -2.55. The third-order valence-corrected chi connectivity index (χ3v) is 3.94. The molecule has 10 N–H and O–H groups in total. The summed E-state index contributed by atoms with van der Waals surface area (Å²) in [5.41, 5.74) is 0. The molecule has 0 spiro atoms. The zero-order valence-electron chi connectivity index (χ0n) is 11.7. The Balaban J connectivity index is 0.000000220. The van der Waals surface area contributed by atoms with Gasteiger partial charge in [0.1, 0.15) is 36.6 Å². The largest absolute Gasteiger partial charge is 0.390 e. The highest BCUT2D eigenvalue weighted by molar-refractivity contribution is 4.93. The van der Waals surface area contributed by atoms with E-state index in [-0.39, 0.29) is 12.8 Å². The summed E-state index contributed by atoms with van der Waals surface area (Å²) >= 11 is 0. The van der Waals surface area contributed by atoms with Crippen LogP contribution in [0.2, 0.25) is 0 Å². The van der Waals surface area contributed by atoms with Gasteiger partial charge in [0.25, 0.3) is 0 Å². The van der Waals surface area contributed by atoms with Gasteiger partial charge in [0.05, 0.1) is 24.4 Å². The van der Waals surface area contributed by atoms with E-state index in [1.807, 2.05) is 0 Å². The van der Waals surface area contributed by atoms with Gasteiger partial charge in [-0.3, -0.25) is 0 Å². The quantitative estimate of drug-likeness (QED) is 0.204. The van der Waals surface area contributed by atoms with Crippen molar-refractivity contribution in [2.24, 2.45) is 0 Å². The van der Waals surface area contributed by atoms with Crippen molar-refractivity contribution in [3.05, 3.63) is 0 Å². The molecule has 0 aromatic carbocycles. The number of rotatable bonds is 0. The summed E-state index contributed by atoms with van der Waals surface area (Å²) in [5.74, 6) is 0. The first-order chi connectivity index (χ1) is 10.1. The molecule has 0 aliphatic heterocycles. The van der Waals surface area contributed by atoms with Crippen LogP contribution in [0.15, 0.2) is 0 Å². The highest BCUT2D eigenvalue weighted by Crippen LogP contribution is 2.21. The molecule has 0 aromatic heterocycles. The number of aliphatic hydroxyl groups is 10. The van der Waals surface area contributed by atoms with Crippen LogP contribution in [0.5, 0.6) is 0 Å². The predicted octanol–water partition coefficient (Wildman–Crippen LogP) is -5.61. The fourth-order valence-electron chi connectivity index (χ4n) is 2.37. The maximum atomic E-state index is 8.97. The van der Waals surface area contributed by atoms with Gasteiger partial charge in [0, 0.05) is 12.8 Å². The van der Waals surface area contributed by atoms with Crippen LogP contribution in [0, 0.1) is 0 Å². The molecule has 0 aromatic rings. The molecule has 132 valence electrons. The summed E-state index contributed by atoms with van der Waals surface area (Å²) in [6, 6.07) is 0. The zero-order chi connectivity index (χ0) is 17.2. The second-order valence-electron chi connectivity index (χ2n) is 5.68. The Kier molecular flexibility index (Phi) is 7.08. The van der Waals surface area contributed by atoms with Gasteiger partial charge in [-0.25, -0.2) is 0 Å². The van der Waals surface area contributed by atoms with Gasteiger partial charge in [-0.1, -0.05) is 0 Å². The molecule has 0 radical (unpaired) electrons. The first-order valence-corrected chi connectivity index (χ1v) is 6.88. The van der Waals surface area contributed by atoms with Gasteiger partial charge in [0.2, 0.25) is 0 Å². The highest BCUT2D eigenvalue weighted by atomic mass is 16.4. The molecule has 10 heteroatoms. The molecule has 2 aliphatic carbocycles. The Hall–Kier alpha value is -0.400. The highest BCUT2D eigenvalue weighted by Gasteiger charge is 2.41. The lowest BCUT2D eigenvalue weighted by atomic mass is 9.87. The SMILES string of the molecule is OC1[C@@H](O)[C@H](O)C[C@H](O)[C@@H]1O.OC1[C@H](O)[C@H](O)C[C@H](O)[C@H]1O. The van der Waals surface area contributed by atoms with Crippen molar-refractivity contribution in [2.75, 3.05) is 0 Å². The van der Waals surface area contributed by atoms with E-state index in [2.05, 4.69) is 0 Å². The maximum Gasteiger partial charge on any atom is 0.111 e. The Morgan fingerprint density at radius 1 is 0.318 bits per heavy atom. The normalized spacial score (nSPS) is 52.6.